The van der Waals surface area contributed by atoms with Crippen LogP contribution in [0.3, 0.4) is 0 Å². The summed E-state index contributed by atoms with van der Waals surface area (Å²) in [6.07, 6.45) is 3.48. The van der Waals surface area contributed by atoms with E-state index in [1.165, 1.54) is 23.4 Å². The Kier molecular flexibility index (Phi) is 5.60. The minimum absolute atomic E-state index is 0.653. The third-order valence-electron chi connectivity index (χ3n) is 3.55. The average Bonchev–Trinajstić information content (AvgIpc) is 2.83. The van der Waals surface area contributed by atoms with Crippen molar-refractivity contribution in [3.8, 4) is 0 Å². The quantitative estimate of drug-likeness (QED) is 0.869. The average molecular weight is 283 g/mol. The number of rotatable bonds is 6. The first-order chi connectivity index (χ1) is 9.24. The predicted molar refractivity (Wildman–Crippen MR) is 81.1 cm³/mol. The summed E-state index contributed by atoms with van der Waals surface area (Å²) >= 11 is 1.82. The van der Waals surface area contributed by atoms with E-state index in [9.17, 15) is 0 Å². The molecule has 1 aliphatic heterocycles. The maximum absolute atomic E-state index is 5.55. The lowest BCUT2D eigenvalue weighted by Gasteiger charge is -2.26. The lowest BCUT2D eigenvalue weighted by molar-refractivity contribution is 0.0576. The molecule has 1 aromatic rings. The van der Waals surface area contributed by atoms with Crippen molar-refractivity contribution in [2.45, 2.75) is 32.7 Å². The van der Waals surface area contributed by atoms with Gasteiger partial charge in [-0.25, -0.2) is 4.98 Å². The summed E-state index contributed by atoms with van der Waals surface area (Å²) in [5.74, 6) is 0.653. The second-order valence-electron chi connectivity index (χ2n) is 5.21. The molecule has 5 heteroatoms. The number of nitrogens with one attached hydrogen (secondary N) is 1. The van der Waals surface area contributed by atoms with Gasteiger partial charge in [-0.05, 0) is 32.2 Å². The van der Waals surface area contributed by atoms with E-state index in [0.29, 0.717) is 5.92 Å². The fourth-order valence-electron chi connectivity index (χ4n) is 2.52. The molecule has 0 aromatic carbocycles. The van der Waals surface area contributed by atoms with E-state index in [0.717, 1.165) is 37.9 Å². The number of hydrogen-bond donors (Lipinski definition) is 1. The molecule has 0 aliphatic carbocycles. The molecule has 0 amide bonds. The summed E-state index contributed by atoms with van der Waals surface area (Å²) in [5.41, 5.74) is 1.24. The second kappa shape index (κ2) is 7.22. The molecule has 1 saturated heterocycles. The van der Waals surface area contributed by atoms with Gasteiger partial charge in [0.15, 0.2) is 5.13 Å². The maximum Gasteiger partial charge on any atom is 0.185 e. The first-order valence-electron chi connectivity index (χ1n) is 7.16. The van der Waals surface area contributed by atoms with Gasteiger partial charge in [-0.2, -0.15) is 0 Å². The Labute approximate surface area is 120 Å². The molecule has 2 rings (SSSR count). The van der Waals surface area contributed by atoms with Crippen LogP contribution in [0, 0.1) is 5.92 Å². The Morgan fingerprint density at radius 1 is 1.53 bits per heavy atom. The van der Waals surface area contributed by atoms with Gasteiger partial charge in [-0.3, -0.25) is 0 Å². The number of aromatic nitrogens is 1. The summed E-state index contributed by atoms with van der Waals surface area (Å²) < 4.78 is 5.55. The minimum atomic E-state index is 0.653. The number of thiazole rings is 1. The normalized spacial score (nSPS) is 19.6. The molecule has 0 radical (unpaired) electrons. The van der Waals surface area contributed by atoms with Crippen molar-refractivity contribution in [2.75, 3.05) is 38.8 Å². The lowest BCUT2D eigenvalue weighted by Crippen LogP contribution is -2.30. The van der Waals surface area contributed by atoms with Crippen LogP contribution in [0.2, 0.25) is 0 Å². The summed E-state index contributed by atoms with van der Waals surface area (Å²) in [7, 11) is 4.14. The van der Waals surface area contributed by atoms with Crippen molar-refractivity contribution in [3.63, 3.8) is 0 Å². The van der Waals surface area contributed by atoms with Crippen LogP contribution in [0.4, 0.5) is 5.13 Å². The molecule has 0 bridgehead atoms. The van der Waals surface area contributed by atoms with E-state index >= 15 is 0 Å². The zero-order valence-electron chi connectivity index (χ0n) is 12.2. The maximum atomic E-state index is 5.55. The SMILES string of the molecule is CCc1nc(N(C)CC2CCCOC2)sc1CNC. The highest BCUT2D eigenvalue weighted by atomic mass is 32.1. The second-order valence-corrected chi connectivity index (χ2v) is 6.28. The van der Waals surface area contributed by atoms with Crippen LogP contribution in [0.25, 0.3) is 0 Å². The van der Waals surface area contributed by atoms with Gasteiger partial charge < -0.3 is 15.0 Å². The Hall–Kier alpha value is -0.650. The van der Waals surface area contributed by atoms with Gasteiger partial charge in [-0.1, -0.05) is 6.92 Å². The molecule has 1 fully saturated rings. The molecule has 0 saturated carbocycles. The molecule has 2 heterocycles. The predicted octanol–water partition coefficient (Wildman–Crippen LogP) is 2.29. The monoisotopic (exact) mass is 283 g/mol. The number of anilines is 1. The smallest absolute Gasteiger partial charge is 0.185 e. The molecule has 1 unspecified atom stereocenters. The molecule has 108 valence electrons. The van der Waals surface area contributed by atoms with Gasteiger partial charge in [0.1, 0.15) is 0 Å². The number of nitrogens with zero attached hydrogens (tertiary/aromatic N) is 2. The Morgan fingerprint density at radius 3 is 3.00 bits per heavy atom. The molecule has 1 N–H and O–H groups in total. The lowest BCUT2D eigenvalue weighted by atomic mass is 10.0. The highest BCUT2D eigenvalue weighted by Gasteiger charge is 2.18. The fourth-order valence-corrected chi connectivity index (χ4v) is 3.66. The molecular formula is C14H25N3OS. The Balaban J connectivity index is 1.99. The summed E-state index contributed by atoms with van der Waals surface area (Å²) in [6, 6.07) is 0. The van der Waals surface area contributed by atoms with Crippen LogP contribution >= 0.6 is 11.3 Å². The number of hydrogen-bond acceptors (Lipinski definition) is 5. The molecule has 1 aromatic heterocycles. The van der Waals surface area contributed by atoms with Crippen molar-refractivity contribution < 1.29 is 4.74 Å². The van der Waals surface area contributed by atoms with Gasteiger partial charge in [-0.15, -0.1) is 11.3 Å². The number of aryl methyl sites for hydroxylation is 1. The summed E-state index contributed by atoms with van der Waals surface area (Å²) in [4.78, 5) is 8.44. The van der Waals surface area contributed by atoms with Crippen molar-refractivity contribution in [1.82, 2.24) is 10.3 Å². The third-order valence-corrected chi connectivity index (χ3v) is 4.76. The zero-order chi connectivity index (χ0) is 13.7. The summed E-state index contributed by atoms with van der Waals surface area (Å²) in [6.45, 7) is 5.98. The van der Waals surface area contributed by atoms with Crippen LogP contribution in [0.1, 0.15) is 30.3 Å². The Morgan fingerprint density at radius 2 is 2.37 bits per heavy atom. The zero-order valence-corrected chi connectivity index (χ0v) is 13.1. The largest absolute Gasteiger partial charge is 0.381 e. The van der Waals surface area contributed by atoms with Crippen LogP contribution in [-0.2, 0) is 17.7 Å². The van der Waals surface area contributed by atoms with Crippen molar-refractivity contribution in [2.24, 2.45) is 5.92 Å². The molecule has 19 heavy (non-hydrogen) atoms. The van der Waals surface area contributed by atoms with E-state index in [4.69, 9.17) is 9.72 Å². The highest BCUT2D eigenvalue weighted by molar-refractivity contribution is 7.15. The topological polar surface area (TPSA) is 37.4 Å². The van der Waals surface area contributed by atoms with Crippen LogP contribution < -0.4 is 10.2 Å². The number of ether oxygens (including phenoxy) is 1. The minimum Gasteiger partial charge on any atom is -0.381 e. The molecular weight excluding hydrogens is 258 g/mol. The van der Waals surface area contributed by atoms with Crippen LogP contribution in [0.15, 0.2) is 0 Å². The van der Waals surface area contributed by atoms with Crippen molar-refractivity contribution >= 4 is 16.5 Å². The van der Waals surface area contributed by atoms with E-state index in [1.807, 2.05) is 18.4 Å². The standard InChI is InChI=1S/C14H25N3OS/c1-4-12-13(8-15-2)19-14(16-12)17(3)9-11-6-5-7-18-10-11/h11,15H,4-10H2,1-3H3. The Bertz CT molecular complexity index is 388. The van der Waals surface area contributed by atoms with Crippen molar-refractivity contribution in [1.29, 1.82) is 0 Å². The molecule has 1 aliphatic rings. The van der Waals surface area contributed by atoms with Crippen LogP contribution in [-0.4, -0.2) is 38.8 Å². The third kappa shape index (κ3) is 3.91. The van der Waals surface area contributed by atoms with Gasteiger partial charge in [0.25, 0.3) is 0 Å². The van der Waals surface area contributed by atoms with Gasteiger partial charge in [0, 0.05) is 31.6 Å². The fraction of sp³-hybridized carbons (Fsp3) is 0.786. The van der Waals surface area contributed by atoms with E-state index in [1.54, 1.807) is 0 Å². The summed E-state index contributed by atoms with van der Waals surface area (Å²) in [5, 5.41) is 4.37. The van der Waals surface area contributed by atoms with Gasteiger partial charge in [0.05, 0.1) is 12.3 Å². The van der Waals surface area contributed by atoms with Gasteiger partial charge in [0.2, 0.25) is 0 Å². The van der Waals surface area contributed by atoms with Gasteiger partial charge >= 0.3 is 0 Å². The molecule has 0 spiro atoms. The molecule has 4 nitrogen and oxygen atoms in total. The highest BCUT2D eigenvalue weighted by Crippen LogP contribution is 2.27. The first-order valence-corrected chi connectivity index (χ1v) is 7.98. The first kappa shape index (κ1) is 14.8. The van der Waals surface area contributed by atoms with E-state index in [2.05, 4.69) is 24.2 Å². The molecule has 1 atom stereocenters. The van der Waals surface area contributed by atoms with E-state index in [-0.39, 0.29) is 0 Å². The van der Waals surface area contributed by atoms with Crippen molar-refractivity contribution in [3.05, 3.63) is 10.6 Å². The van der Waals surface area contributed by atoms with E-state index < -0.39 is 0 Å². The van der Waals surface area contributed by atoms with Crippen LogP contribution in [0.5, 0.6) is 0 Å².